The van der Waals surface area contributed by atoms with E-state index in [1.807, 2.05) is 31.2 Å². The molecule has 140 valence electrons. The molecule has 1 aromatic heterocycles. The van der Waals surface area contributed by atoms with Crippen molar-refractivity contribution in [3.8, 4) is 11.3 Å². The molecule has 2 aromatic rings. The van der Waals surface area contributed by atoms with E-state index in [0.29, 0.717) is 22.9 Å². The van der Waals surface area contributed by atoms with Crippen molar-refractivity contribution >= 4 is 15.8 Å². The first-order valence-corrected chi connectivity index (χ1v) is 10.6. The van der Waals surface area contributed by atoms with Gasteiger partial charge in [0.1, 0.15) is 0 Å². The normalized spacial score (nSPS) is 18.1. The van der Waals surface area contributed by atoms with E-state index in [9.17, 15) is 8.42 Å². The minimum absolute atomic E-state index is 0.302. The summed E-state index contributed by atoms with van der Waals surface area (Å²) in [6.45, 7) is 6.21. The van der Waals surface area contributed by atoms with Gasteiger partial charge >= 0.3 is 0 Å². The summed E-state index contributed by atoms with van der Waals surface area (Å²) >= 11 is 0. The summed E-state index contributed by atoms with van der Waals surface area (Å²) in [7, 11) is -2.08. The van der Waals surface area contributed by atoms with Crippen molar-refractivity contribution < 1.29 is 8.42 Å². The molecule has 7 heteroatoms. The van der Waals surface area contributed by atoms with E-state index in [0.717, 1.165) is 30.0 Å². The molecule has 1 aliphatic rings. The summed E-state index contributed by atoms with van der Waals surface area (Å²) < 4.78 is 27.0. The number of sulfonamides is 1. The van der Waals surface area contributed by atoms with Gasteiger partial charge in [-0.1, -0.05) is 26.0 Å². The van der Waals surface area contributed by atoms with Gasteiger partial charge in [-0.3, -0.25) is 0 Å². The van der Waals surface area contributed by atoms with E-state index in [4.69, 9.17) is 0 Å². The maximum absolute atomic E-state index is 12.3. The Morgan fingerprint density at radius 3 is 2.65 bits per heavy atom. The van der Waals surface area contributed by atoms with Crippen LogP contribution in [0.2, 0.25) is 0 Å². The van der Waals surface area contributed by atoms with E-state index in [-0.39, 0.29) is 0 Å². The number of piperidine rings is 1. The van der Waals surface area contributed by atoms with Gasteiger partial charge in [0.05, 0.1) is 10.6 Å². The Morgan fingerprint density at radius 1 is 1.23 bits per heavy atom. The molecule has 3 rings (SSSR count). The first-order chi connectivity index (χ1) is 12.4. The average molecular weight is 375 g/mol. The summed E-state index contributed by atoms with van der Waals surface area (Å²) in [6, 6.07) is 9.32. The predicted molar refractivity (Wildman–Crippen MR) is 104 cm³/mol. The lowest BCUT2D eigenvalue weighted by Gasteiger charge is -2.31. The van der Waals surface area contributed by atoms with Crippen LogP contribution >= 0.6 is 0 Å². The lowest BCUT2D eigenvalue weighted by atomic mass is 10.0. The lowest BCUT2D eigenvalue weighted by Crippen LogP contribution is -2.34. The van der Waals surface area contributed by atoms with Crippen LogP contribution in [0, 0.1) is 5.92 Å². The third-order valence-corrected chi connectivity index (χ3v) is 6.43. The molecule has 1 fully saturated rings. The van der Waals surface area contributed by atoms with Crippen molar-refractivity contribution in [3.05, 3.63) is 35.9 Å². The minimum Gasteiger partial charge on any atom is -0.355 e. The van der Waals surface area contributed by atoms with Crippen LogP contribution in [-0.4, -0.2) is 38.8 Å². The zero-order chi connectivity index (χ0) is 18.7. The number of rotatable bonds is 5. The van der Waals surface area contributed by atoms with Crippen LogP contribution in [0.5, 0.6) is 0 Å². The fourth-order valence-corrected chi connectivity index (χ4v) is 4.47. The van der Waals surface area contributed by atoms with Gasteiger partial charge in [-0.15, -0.1) is 10.2 Å². The van der Waals surface area contributed by atoms with Crippen molar-refractivity contribution in [1.29, 1.82) is 0 Å². The fraction of sp³-hybridized carbons (Fsp3) is 0.474. The first-order valence-electron chi connectivity index (χ1n) is 9.10. The fourth-order valence-electron chi connectivity index (χ4n) is 3.41. The summed E-state index contributed by atoms with van der Waals surface area (Å²) in [5.74, 6) is 1.55. The highest BCUT2D eigenvalue weighted by Gasteiger charge is 2.19. The molecular formula is C19H26N4O2S. The Bertz CT molecular complexity index is 866. The number of benzene rings is 1. The Morgan fingerprint density at radius 2 is 2.04 bits per heavy atom. The number of hydrogen-bond donors (Lipinski definition) is 1. The molecule has 1 aliphatic heterocycles. The molecule has 26 heavy (non-hydrogen) atoms. The molecule has 1 unspecified atom stereocenters. The molecule has 0 bridgehead atoms. The van der Waals surface area contributed by atoms with Crippen LogP contribution in [0.1, 0.15) is 32.3 Å². The maximum Gasteiger partial charge on any atom is 0.240 e. The van der Waals surface area contributed by atoms with Crippen LogP contribution in [-0.2, 0) is 16.4 Å². The van der Waals surface area contributed by atoms with Gasteiger partial charge in [-0.2, -0.15) is 0 Å². The molecule has 0 saturated carbocycles. The summed E-state index contributed by atoms with van der Waals surface area (Å²) in [4.78, 5) is 2.57. The number of aromatic nitrogens is 2. The monoisotopic (exact) mass is 374 g/mol. The largest absolute Gasteiger partial charge is 0.355 e. The SMILES string of the molecule is CCc1ccc(-c2ccc(N3CCCC(C)C3)nn2)cc1S(=O)(=O)NC. The second kappa shape index (κ2) is 7.72. The van der Waals surface area contributed by atoms with Crippen molar-refractivity contribution in [2.45, 2.75) is 38.0 Å². The van der Waals surface area contributed by atoms with Crippen molar-refractivity contribution in [2.75, 3.05) is 25.0 Å². The minimum atomic E-state index is -3.51. The van der Waals surface area contributed by atoms with Gasteiger partial charge in [0.15, 0.2) is 5.82 Å². The zero-order valence-corrected chi connectivity index (χ0v) is 16.4. The summed E-state index contributed by atoms with van der Waals surface area (Å²) in [5, 5.41) is 8.73. The number of aryl methyl sites for hydroxylation is 1. The van der Waals surface area contributed by atoms with E-state index in [1.54, 1.807) is 6.07 Å². The second-order valence-corrected chi connectivity index (χ2v) is 8.71. The molecule has 0 amide bonds. The van der Waals surface area contributed by atoms with Crippen LogP contribution in [0.25, 0.3) is 11.3 Å². The molecule has 1 atom stereocenters. The van der Waals surface area contributed by atoms with Crippen LogP contribution in [0.3, 0.4) is 0 Å². The Labute approximate surface area is 155 Å². The molecule has 1 saturated heterocycles. The van der Waals surface area contributed by atoms with Crippen LogP contribution in [0.15, 0.2) is 35.2 Å². The van der Waals surface area contributed by atoms with E-state index in [1.165, 1.54) is 19.9 Å². The van der Waals surface area contributed by atoms with Gasteiger partial charge in [0.25, 0.3) is 0 Å². The summed E-state index contributed by atoms with van der Waals surface area (Å²) in [6.07, 6.45) is 3.08. The standard InChI is InChI=1S/C19H26N4O2S/c1-4-15-7-8-16(12-18(15)26(24,25)20-3)17-9-10-19(22-21-17)23-11-5-6-14(2)13-23/h7-10,12,14,20H,4-6,11,13H2,1-3H3. The molecule has 0 radical (unpaired) electrons. The second-order valence-electron chi connectivity index (χ2n) is 6.85. The van der Waals surface area contributed by atoms with Crippen molar-refractivity contribution in [2.24, 2.45) is 5.92 Å². The Balaban J connectivity index is 1.91. The molecule has 2 heterocycles. The first kappa shape index (κ1) is 18.8. The van der Waals surface area contributed by atoms with Crippen LogP contribution < -0.4 is 9.62 Å². The third-order valence-electron chi connectivity index (χ3n) is 4.93. The number of anilines is 1. The van der Waals surface area contributed by atoms with Gasteiger partial charge in [0, 0.05) is 18.7 Å². The Hall–Kier alpha value is -1.99. The quantitative estimate of drug-likeness (QED) is 0.871. The number of hydrogen-bond acceptors (Lipinski definition) is 5. The predicted octanol–water partition coefficient (Wildman–Crippen LogP) is 2.85. The molecular weight excluding hydrogens is 348 g/mol. The number of nitrogens with zero attached hydrogens (tertiary/aromatic N) is 3. The highest BCUT2D eigenvalue weighted by atomic mass is 32.2. The van der Waals surface area contributed by atoms with Gasteiger partial charge in [0.2, 0.25) is 10.0 Å². The van der Waals surface area contributed by atoms with Gasteiger partial charge < -0.3 is 4.90 Å². The van der Waals surface area contributed by atoms with E-state index < -0.39 is 10.0 Å². The zero-order valence-electron chi connectivity index (χ0n) is 15.6. The third kappa shape index (κ3) is 3.88. The number of nitrogens with one attached hydrogen (secondary N) is 1. The van der Waals surface area contributed by atoms with Crippen molar-refractivity contribution in [1.82, 2.24) is 14.9 Å². The maximum atomic E-state index is 12.3. The smallest absolute Gasteiger partial charge is 0.240 e. The molecule has 1 aromatic carbocycles. The average Bonchev–Trinajstić information content (AvgIpc) is 2.67. The van der Waals surface area contributed by atoms with E-state index in [2.05, 4.69) is 26.7 Å². The molecule has 0 aliphatic carbocycles. The van der Waals surface area contributed by atoms with E-state index >= 15 is 0 Å². The highest BCUT2D eigenvalue weighted by Crippen LogP contribution is 2.26. The van der Waals surface area contributed by atoms with Crippen LogP contribution in [0.4, 0.5) is 5.82 Å². The molecule has 6 nitrogen and oxygen atoms in total. The topological polar surface area (TPSA) is 75.2 Å². The Kier molecular flexibility index (Phi) is 5.58. The lowest BCUT2D eigenvalue weighted by molar-refractivity contribution is 0.444. The van der Waals surface area contributed by atoms with Gasteiger partial charge in [-0.05, 0) is 56.0 Å². The van der Waals surface area contributed by atoms with Gasteiger partial charge in [-0.25, -0.2) is 13.1 Å². The van der Waals surface area contributed by atoms with Crippen molar-refractivity contribution in [3.63, 3.8) is 0 Å². The molecule has 1 N–H and O–H groups in total. The molecule has 0 spiro atoms. The summed E-state index contributed by atoms with van der Waals surface area (Å²) in [5.41, 5.74) is 2.21. The highest BCUT2D eigenvalue weighted by molar-refractivity contribution is 7.89.